The predicted molar refractivity (Wildman–Crippen MR) is 94.4 cm³/mol. The van der Waals surface area contributed by atoms with Crippen LogP contribution in [0.4, 0.5) is 4.39 Å². The second-order valence-electron chi connectivity index (χ2n) is 5.88. The fourth-order valence-electron chi connectivity index (χ4n) is 2.51. The maximum Gasteiger partial charge on any atom is 0.253 e. The van der Waals surface area contributed by atoms with E-state index >= 15 is 0 Å². The highest BCUT2D eigenvalue weighted by Gasteiger charge is 2.21. The second-order valence-corrected chi connectivity index (χ2v) is 7.73. The summed E-state index contributed by atoms with van der Waals surface area (Å²) >= 11 is 0. The Bertz CT molecular complexity index is 911. The molecule has 0 aliphatic carbocycles. The number of halogens is 1. The van der Waals surface area contributed by atoms with Gasteiger partial charge in [0.2, 0.25) is 10.0 Å². The Labute approximate surface area is 147 Å². The van der Waals surface area contributed by atoms with Gasteiger partial charge in [-0.25, -0.2) is 17.5 Å². The Kier molecular flexibility index (Phi) is 5.59. The van der Waals surface area contributed by atoms with Crippen LogP contribution in [-0.4, -0.2) is 33.3 Å². The van der Waals surface area contributed by atoms with Crippen molar-refractivity contribution < 1.29 is 17.6 Å². The first kappa shape index (κ1) is 19.1. The molecule has 134 valence electrons. The van der Waals surface area contributed by atoms with Crippen molar-refractivity contribution in [1.29, 1.82) is 0 Å². The molecule has 5 nitrogen and oxygen atoms in total. The average Bonchev–Trinajstić information content (AvgIpc) is 2.58. The molecule has 0 radical (unpaired) electrons. The fraction of sp³-hybridized carbons (Fsp3) is 0.278. The van der Waals surface area contributed by atoms with Crippen molar-refractivity contribution in [1.82, 2.24) is 9.62 Å². The topological polar surface area (TPSA) is 66.5 Å². The molecular formula is C18H21FN2O3S. The van der Waals surface area contributed by atoms with E-state index in [0.717, 1.165) is 0 Å². The Hall–Kier alpha value is -2.25. The van der Waals surface area contributed by atoms with Crippen LogP contribution in [0.3, 0.4) is 0 Å². The lowest BCUT2D eigenvalue weighted by molar-refractivity contribution is 0.0783. The van der Waals surface area contributed by atoms with Gasteiger partial charge in [0.25, 0.3) is 5.91 Å². The van der Waals surface area contributed by atoms with E-state index in [1.165, 1.54) is 24.1 Å². The highest BCUT2D eigenvalue weighted by molar-refractivity contribution is 7.89. The molecule has 0 aromatic heterocycles. The molecule has 0 unspecified atom stereocenters. The summed E-state index contributed by atoms with van der Waals surface area (Å²) in [5.74, 6) is -0.764. The molecule has 2 aromatic rings. The maximum atomic E-state index is 13.8. The maximum absolute atomic E-state index is 13.8. The van der Waals surface area contributed by atoms with Crippen LogP contribution in [0.1, 0.15) is 27.0 Å². The lowest BCUT2D eigenvalue weighted by atomic mass is 10.1. The number of sulfonamides is 1. The van der Waals surface area contributed by atoms with Gasteiger partial charge in [0, 0.05) is 24.7 Å². The number of benzene rings is 2. The monoisotopic (exact) mass is 364 g/mol. The Morgan fingerprint density at radius 1 is 1.20 bits per heavy atom. The van der Waals surface area contributed by atoms with Gasteiger partial charge in [0.05, 0.1) is 4.90 Å². The van der Waals surface area contributed by atoms with Crippen molar-refractivity contribution >= 4 is 15.9 Å². The number of aryl methyl sites for hydroxylation is 1. The summed E-state index contributed by atoms with van der Waals surface area (Å²) in [5, 5.41) is 0. The third-order valence-electron chi connectivity index (χ3n) is 4.14. The SMILES string of the molecule is CNS(=O)(=O)c1cc(C(=O)N(C)Cc2ccccc2F)cc(C)c1C. The van der Waals surface area contributed by atoms with Gasteiger partial charge in [-0.3, -0.25) is 4.79 Å². The van der Waals surface area contributed by atoms with Crippen LogP contribution in [-0.2, 0) is 16.6 Å². The highest BCUT2D eigenvalue weighted by atomic mass is 32.2. The molecule has 7 heteroatoms. The molecular weight excluding hydrogens is 343 g/mol. The molecule has 0 heterocycles. The molecule has 0 fully saturated rings. The van der Waals surface area contributed by atoms with Crippen molar-refractivity contribution in [3.8, 4) is 0 Å². The van der Waals surface area contributed by atoms with E-state index in [1.54, 1.807) is 45.2 Å². The quantitative estimate of drug-likeness (QED) is 0.887. The van der Waals surface area contributed by atoms with Gasteiger partial charge in [-0.2, -0.15) is 0 Å². The van der Waals surface area contributed by atoms with E-state index in [1.807, 2.05) is 0 Å². The smallest absolute Gasteiger partial charge is 0.253 e. The summed E-state index contributed by atoms with van der Waals surface area (Å²) in [5.41, 5.74) is 1.92. The van der Waals surface area contributed by atoms with E-state index in [2.05, 4.69) is 4.72 Å². The molecule has 0 saturated heterocycles. The van der Waals surface area contributed by atoms with Gasteiger partial charge < -0.3 is 4.90 Å². The lowest BCUT2D eigenvalue weighted by Crippen LogP contribution is -2.27. The van der Waals surface area contributed by atoms with Crippen LogP contribution in [0.2, 0.25) is 0 Å². The van der Waals surface area contributed by atoms with Crippen molar-refractivity contribution in [2.45, 2.75) is 25.3 Å². The molecule has 0 bridgehead atoms. The first-order valence-electron chi connectivity index (χ1n) is 7.71. The Balaban J connectivity index is 2.38. The largest absolute Gasteiger partial charge is 0.337 e. The second kappa shape index (κ2) is 7.33. The summed E-state index contributed by atoms with van der Waals surface area (Å²) in [6, 6.07) is 9.22. The number of hydrogen-bond acceptors (Lipinski definition) is 3. The highest BCUT2D eigenvalue weighted by Crippen LogP contribution is 2.22. The standard InChI is InChI=1S/C18H21FN2O3S/c1-12-9-15(10-17(13(12)2)25(23,24)20-3)18(22)21(4)11-14-7-5-6-8-16(14)19/h5-10,20H,11H2,1-4H3. The van der Waals surface area contributed by atoms with Crippen LogP contribution in [0, 0.1) is 19.7 Å². The van der Waals surface area contributed by atoms with E-state index in [4.69, 9.17) is 0 Å². The Morgan fingerprint density at radius 3 is 2.44 bits per heavy atom. The van der Waals surface area contributed by atoms with Gasteiger partial charge in [-0.15, -0.1) is 0 Å². The third kappa shape index (κ3) is 4.05. The number of carbonyl (C=O) groups excluding carboxylic acids is 1. The third-order valence-corrected chi connectivity index (χ3v) is 5.68. The van der Waals surface area contributed by atoms with E-state index < -0.39 is 10.0 Å². The van der Waals surface area contributed by atoms with Gasteiger partial charge >= 0.3 is 0 Å². The zero-order chi connectivity index (χ0) is 18.8. The van der Waals surface area contributed by atoms with Crippen molar-refractivity contribution in [2.24, 2.45) is 0 Å². The Morgan fingerprint density at radius 2 is 1.84 bits per heavy atom. The minimum Gasteiger partial charge on any atom is -0.337 e. The van der Waals surface area contributed by atoms with Crippen LogP contribution < -0.4 is 4.72 Å². The predicted octanol–water partition coefficient (Wildman–Crippen LogP) is 2.62. The molecule has 2 aromatic carbocycles. The molecule has 0 aliphatic rings. The zero-order valence-corrected chi connectivity index (χ0v) is 15.4. The van der Waals surface area contributed by atoms with Gasteiger partial charge in [0.1, 0.15) is 5.82 Å². The van der Waals surface area contributed by atoms with Gasteiger partial charge in [-0.05, 0) is 50.2 Å². The molecule has 25 heavy (non-hydrogen) atoms. The lowest BCUT2D eigenvalue weighted by Gasteiger charge is -2.19. The van der Waals surface area contributed by atoms with Crippen molar-refractivity contribution in [3.63, 3.8) is 0 Å². The van der Waals surface area contributed by atoms with Crippen LogP contribution in [0.5, 0.6) is 0 Å². The zero-order valence-electron chi connectivity index (χ0n) is 14.6. The summed E-state index contributed by atoms with van der Waals surface area (Å²) in [6.07, 6.45) is 0. The molecule has 1 N–H and O–H groups in total. The fourth-order valence-corrected chi connectivity index (χ4v) is 3.58. The van der Waals surface area contributed by atoms with Crippen LogP contribution in [0.25, 0.3) is 0 Å². The van der Waals surface area contributed by atoms with Crippen molar-refractivity contribution in [3.05, 3.63) is 64.5 Å². The normalized spacial score (nSPS) is 11.4. The molecule has 0 aliphatic heterocycles. The average molecular weight is 364 g/mol. The van der Waals surface area contributed by atoms with E-state index in [-0.39, 0.29) is 28.7 Å². The van der Waals surface area contributed by atoms with Gasteiger partial charge in [0.15, 0.2) is 0 Å². The number of rotatable bonds is 5. The number of amides is 1. The number of hydrogen-bond donors (Lipinski definition) is 1. The summed E-state index contributed by atoms with van der Waals surface area (Å²) in [6.45, 7) is 3.53. The molecule has 0 spiro atoms. The minimum absolute atomic E-state index is 0.0673. The summed E-state index contributed by atoms with van der Waals surface area (Å²) in [7, 11) is -0.805. The first-order valence-corrected chi connectivity index (χ1v) is 9.19. The summed E-state index contributed by atoms with van der Waals surface area (Å²) in [4.78, 5) is 14.1. The van der Waals surface area contributed by atoms with E-state index in [9.17, 15) is 17.6 Å². The minimum atomic E-state index is -3.68. The molecule has 0 atom stereocenters. The molecule has 0 saturated carbocycles. The molecule has 1 amide bonds. The van der Waals surface area contributed by atoms with Crippen molar-refractivity contribution in [2.75, 3.05) is 14.1 Å². The number of carbonyl (C=O) groups is 1. The molecule has 2 rings (SSSR count). The van der Waals surface area contributed by atoms with Gasteiger partial charge in [-0.1, -0.05) is 18.2 Å². The summed E-state index contributed by atoms with van der Waals surface area (Å²) < 4.78 is 40.4. The first-order chi connectivity index (χ1) is 11.7. The van der Waals surface area contributed by atoms with Crippen LogP contribution >= 0.6 is 0 Å². The van der Waals surface area contributed by atoms with E-state index in [0.29, 0.717) is 16.7 Å². The number of nitrogens with zero attached hydrogens (tertiary/aromatic N) is 1. The van der Waals surface area contributed by atoms with Crippen LogP contribution in [0.15, 0.2) is 41.3 Å². The number of nitrogens with one attached hydrogen (secondary N) is 1.